The van der Waals surface area contributed by atoms with E-state index in [0.717, 1.165) is 12.1 Å². The quantitative estimate of drug-likeness (QED) is 0.914. The third kappa shape index (κ3) is 4.13. The molecule has 0 heterocycles. The van der Waals surface area contributed by atoms with Crippen molar-refractivity contribution in [2.24, 2.45) is 0 Å². The fourth-order valence-electron chi connectivity index (χ4n) is 1.45. The van der Waals surface area contributed by atoms with Crippen molar-refractivity contribution in [3.8, 4) is 0 Å². The molecule has 3 nitrogen and oxygen atoms in total. The highest BCUT2D eigenvalue weighted by atomic mass is 79.9. The van der Waals surface area contributed by atoms with Gasteiger partial charge in [-0.1, -0.05) is 15.9 Å². The van der Waals surface area contributed by atoms with Crippen molar-refractivity contribution in [2.45, 2.75) is 13.0 Å². The fraction of sp³-hybridized carbons (Fsp3) is 0.364. The molecular weight excluding hydrogens is 328 g/mol. The van der Waals surface area contributed by atoms with E-state index < -0.39 is 39.9 Å². The molecule has 1 N–H and O–H groups in total. The number of carbonyl (C=O) groups is 1. The topological polar surface area (TPSA) is 46.2 Å². The molecule has 7 heteroatoms. The minimum absolute atomic E-state index is 0.219. The Morgan fingerprint density at radius 3 is 2.39 bits per heavy atom. The average Bonchev–Trinajstić information content (AvgIpc) is 2.12. The van der Waals surface area contributed by atoms with Gasteiger partial charge in [-0.15, -0.1) is 0 Å². The number of hydrogen-bond acceptors (Lipinski definition) is 2. The van der Waals surface area contributed by atoms with Crippen molar-refractivity contribution >= 4 is 32.6 Å². The lowest BCUT2D eigenvalue weighted by molar-refractivity contribution is 0.0935. The smallest absolute Gasteiger partial charge is 0.257 e. The van der Waals surface area contributed by atoms with E-state index in [9.17, 15) is 17.8 Å². The minimum atomic E-state index is -1.09. The number of hydrogen-bond donors (Lipinski definition) is 1. The summed E-state index contributed by atoms with van der Waals surface area (Å²) in [5, 5.41) is 2.40. The van der Waals surface area contributed by atoms with Gasteiger partial charge in [-0.25, -0.2) is 8.78 Å². The third-order valence-corrected chi connectivity index (χ3v) is 3.52. The van der Waals surface area contributed by atoms with Gasteiger partial charge in [-0.2, -0.15) is 0 Å². The van der Waals surface area contributed by atoms with E-state index >= 15 is 0 Å². The van der Waals surface area contributed by atoms with Crippen LogP contribution in [-0.4, -0.2) is 28.2 Å². The van der Waals surface area contributed by atoms with Crippen LogP contribution in [0.25, 0.3) is 0 Å². The van der Waals surface area contributed by atoms with Gasteiger partial charge in [-0.05, 0) is 19.1 Å². The summed E-state index contributed by atoms with van der Waals surface area (Å²) >= 11 is 2.93. The van der Waals surface area contributed by atoms with E-state index in [2.05, 4.69) is 21.2 Å². The predicted octanol–water partition coefficient (Wildman–Crippen LogP) is 2.22. The van der Waals surface area contributed by atoms with Crippen LogP contribution in [0.1, 0.15) is 17.3 Å². The molecule has 0 bridgehead atoms. The zero-order chi connectivity index (χ0) is 13.9. The van der Waals surface area contributed by atoms with Crippen LogP contribution in [0.2, 0.25) is 0 Å². The Kier molecular flexibility index (Phi) is 5.40. The molecule has 1 rings (SSSR count). The van der Waals surface area contributed by atoms with Crippen LogP contribution in [0, 0.1) is 11.6 Å². The summed E-state index contributed by atoms with van der Waals surface area (Å²) in [6.45, 7) is 1.62. The minimum Gasteiger partial charge on any atom is -0.348 e. The second-order valence-electron chi connectivity index (χ2n) is 3.86. The molecule has 1 amide bonds. The van der Waals surface area contributed by atoms with Crippen LogP contribution in [0.5, 0.6) is 0 Å². The molecule has 2 atom stereocenters. The van der Waals surface area contributed by atoms with Crippen molar-refractivity contribution in [3.05, 3.63) is 33.8 Å². The number of halogens is 3. The fourth-order valence-corrected chi connectivity index (χ4v) is 2.64. The summed E-state index contributed by atoms with van der Waals surface area (Å²) in [6.07, 6.45) is 1.49. The lowest BCUT2D eigenvalue weighted by atomic mass is 10.1. The van der Waals surface area contributed by atoms with Gasteiger partial charge in [0.1, 0.15) is 17.2 Å². The highest BCUT2D eigenvalue weighted by Gasteiger charge is 2.20. The van der Waals surface area contributed by atoms with Gasteiger partial charge < -0.3 is 5.32 Å². The lowest BCUT2D eigenvalue weighted by Crippen LogP contribution is -2.37. The Morgan fingerprint density at radius 1 is 1.44 bits per heavy atom. The van der Waals surface area contributed by atoms with Crippen LogP contribution in [0.15, 0.2) is 16.6 Å². The highest BCUT2D eigenvalue weighted by molar-refractivity contribution is 9.10. The molecule has 0 aliphatic heterocycles. The maximum atomic E-state index is 13.5. The molecular formula is C11H12BrF2NO2S. The third-order valence-electron chi connectivity index (χ3n) is 2.10. The van der Waals surface area contributed by atoms with Crippen molar-refractivity contribution < 1.29 is 17.8 Å². The number of amides is 1. The predicted molar refractivity (Wildman–Crippen MR) is 69.9 cm³/mol. The number of rotatable bonds is 4. The first-order valence-corrected chi connectivity index (χ1v) is 7.58. The number of benzene rings is 1. The van der Waals surface area contributed by atoms with Gasteiger partial charge in [0.2, 0.25) is 0 Å². The second kappa shape index (κ2) is 6.38. The maximum Gasteiger partial charge on any atom is 0.257 e. The van der Waals surface area contributed by atoms with Gasteiger partial charge in [0.25, 0.3) is 5.91 Å². The highest BCUT2D eigenvalue weighted by Crippen LogP contribution is 2.19. The Bertz CT molecular complexity index is 473. The summed E-state index contributed by atoms with van der Waals surface area (Å²) in [7, 11) is -1.09. The molecule has 0 aliphatic rings. The molecule has 0 spiro atoms. The summed E-state index contributed by atoms with van der Waals surface area (Å²) < 4.78 is 38.1. The first-order chi connectivity index (χ1) is 8.31. The maximum absolute atomic E-state index is 13.5. The molecule has 1 aromatic rings. The number of carbonyl (C=O) groups excluding carboxylic acids is 1. The Labute approximate surface area is 115 Å². The molecule has 0 saturated carbocycles. The zero-order valence-corrected chi connectivity index (χ0v) is 12.2. The van der Waals surface area contributed by atoms with E-state index in [-0.39, 0.29) is 10.2 Å². The molecule has 2 unspecified atom stereocenters. The van der Waals surface area contributed by atoms with Gasteiger partial charge in [0.05, 0.1) is 0 Å². The summed E-state index contributed by atoms with van der Waals surface area (Å²) in [4.78, 5) is 11.7. The van der Waals surface area contributed by atoms with Crippen molar-refractivity contribution in [1.29, 1.82) is 0 Å². The van der Waals surface area contributed by atoms with E-state index in [1.54, 1.807) is 6.92 Å². The summed E-state index contributed by atoms with van der Waals surface area (Å²) in [5.74, 6) is -2.50. The van der Waals surface area contributed by atoms with Gasteiger partial charge >= 0.3 is 0 Å². The van der Waals surface area contributed by atoms with Crippen LogP contribution in [0.4, 0.5) is 8.78 Å². The van der Waals surface area contributed by atoms with Crippen LogP contribution in [-0.2, 0) is 10.8 Å². The van der Waals surface area contributed by atoms with Gasteiger partial charge in [0, 0.05) is 33.3 Å². The lowest BCUT2D eigenvalue weighted by Gasteiger charge is -2.13. The van der Waals surface area contributed by atoms with E-state index in [0.29, 0.717) is 0 Å². The van der Waals surface area contributed by atoms with E-state index in [1.807, 2.05) is 0 Å². The molecule has 0 fully saturated rings. The largest absolute Gasteiger partial charge is 0.348 e. The zero-order valence-electron chi connectivity index (χ0n) is 9.80. The molecule has 1 aromatic carbocycles. The van der Waals surface area contributed by atoms with Gasteiger partial charge in [-0.3, -0.25) is 9.00 Å². The first kappa shape index (κ1) is 15.2. The van der Waals surface area contributed by atoms with Crippen LogP contribution < -0.4 is 5.32 Å². The SMILES string of the molecule is CC(CS(C)=O)NC(=O)c1c(F)cc(Br)cc1F. The van der Waals surface area contributed by atoms with E-state index in [1.165, 1.54) is 6.26 Å². The standard InChI is InChI=1S/C11H12BrF2NO2S/c1-6(5-18(2)17)15-11(16)10-8(13)3-7(12)4-9(10)14/h3-4,6H,5H2,1-2H3,(H,15,16). The monoisotopic (exact) mass is 339 g/mol. The van der Waals surface area contributed by atoms with Crippen LogP contribution >= 0.6 is 15.9 Å². The Morgan fingerprint density at radius 2 is 1.94 bits per heavy atom. The molecule has 0 saturated heterocycles. The molecule has 0 aromatic heterocycles. The molecule has 18 heavy (non-hydrogen) atoms. The van der Waals surface area contributed by atoms with Gasteiger partial charge in [0.15, 0.2) is 0 Å². The molecule has 0 radical (unpaired) electrons. The number of nitrogens with one attached hydrogen (secondary N) is 1. The normalized spacial score (nSPS) is 14.1. The first-order valence-electron chi connectivity index (χ1n) is 5.06. The second-order valence-corrected chi connectivity index (χ2v) is 6.25. The summed E-state index contributed by atoms with van der Waals surface area (Å²) in [5.41, 5.74) is -0.632. The van der Waals surface area contributed by atoms with Crippen molar-refractivity contribution in [3.63, 3.8) is 0 Å². The van der Waals surface area contributed by atoms with Crippen molar-refractivity contribution in [2.75, 3.05) is 12.0 Å². The molecule has 100 valence electrons. The van der Waals surface area contributed by atoms with E-state index in [4.69, 9.17) is 0 Å². The van der Waals surface area contributed by atoms with Crippen molar-refractivity contribution in [1.82, 2.24) is 5.32 Å². The Hall–Kier alpha value is -0.820. The average molecular weight is 340 g/mol. The van der Waals surface area contributed by atoms with Crippen LogP contribution in [0.3, 0.4) is 0 Å². The molecule has 0 aliphatic carbocycles. The summed E-state index contributed by atoms with van der Waals surface area (Å²) in [6, 6.07) is 1.60. The Balaban J connectivity index is 2.88.